The number of nitrogens with one attached hydrogen (secondary N) is 1. The van der Waals surface area contributed by atoms with Gasteiger partial charge in [0.15, 0.2) is 0 Å². The molecule has 0 radical (unpaired) electrons. The van der Waals surface area contributed by atoms with Crippen LogP contribution in [0.4, 0.5) is 5.69 Å². The summed E-state index contributed by atoms with van der Waals surface area (Å²) in [7, 11) is 1.37. The fourth-order valence-corrected chi connectivity index (χ4v) is 1.36. The minimum Gasteiger partial charge on any atom is -0.466 e. The van der Waals surface area contributed by atoms with Gasteiger partial charge in [-0.25, -0.2) is 4.79 Å². The first-order valence-corrected chi connectivity index (χ1v) is 5.26. The van der Waals surface area contributed by atoms with Crippen LogP contribution in [-0.4, -0.2) is 19.6 Å². The van der Waals surface area contributed by atoms with Crippen molar-refractivity contribution in [1.29, 1.82) is 0 Å². The lowest BCUT2D eigenvalue weighted by Crippen LogP contribution is -2.05. The summed E-state index contributed by atoms with van der Waals surface area (Å²) in [5.41, 5.74) is 1.50. The van der Waals surface area contributed by atoms with Gasteiger partial charge in [-0.15, -0.1) is 0 Å². The van der Waals surface area contributed by atoms with E-state index < -0.39 is 0 Å². The maximum atomic E-state index is 11.1. The summed E-state index contributed by atoms with van der Waals surface area (Å²) in [5, 5.41) is 3.81. The van der Waals surface area contributed by atoms with Gasteiger partial charge in [0.05, 0.1) is 7.11 Å². The lowest BCUT2D eigenvalue weighted by atomic mass is 10.2. The molecule has 0 fully saturated rings. The highest BCUT2D eigenvalue weighted by Gasteiger charge is 2.01. The minimum absolute atomic E-state index is 0.312. The molecule has 0 amide bonds. The largest absolute Gasteiger partial charge is 0.466 e. The van der Waals surface area contributed by atoms with E-state index in [1.54, 1.807) is 13.0 Å². The predicted molar refractivity (Wildman–Crippen MR) is 65.7 cm³/mol. The zero-order valence-electron chi connectivity index (χ0n) is 9.29. The second-order valence-electron chi connectivity index (χ2n) is 3.27. The van der Waals surface area contributed by atoms with Crippen LogP contribution in [0.3, 0.4) is 0 Å². The van der Waals surface area contributed by atoms with E-state index in [-0.39, 0.29) is 5.97 Å². The van der Waals surface area contributed by atoms with Crippen molar-refractivity contribution < 1.29 is 9.53 Å². The van der Waals surface area contributed by atoms with Crippen LogP contribution in [0, 0.1) is 0 Å². The summed E-state index contributed by atoms with van der Waals surface area (Å²) < 4.78 is 4.58. The third-order valence-corrected chi connectivity index (χ3v) is 2.28. The Labute approximate surface area is 100 Å². The molecule has 0 heterocycles. The van der Waals surface area contributed by atoms with Crippen LogP contribution in [0.2, 0.25) is 5.02 Å². The van der Waals surface area contributed by atoms with Crippen molar-refractivity contribution in [3.8, 4) is 0 Å². The molecule has 4 heteroatoms. The van der Waals surface area contributed by atoms with Crippen LogP contribution in [-0.2, 0) is 9.53 Å². The molecule has 16 heavy (non-hydrogen) atoms. The first-order chi connectivity index (χ1) is 7.63. The van der Waals surface area contributed by atoms with Crippen LogP contribution in [0.1, 0.15) is 6.92 Å². The summed E-state index contributed by atoms with van der Waals surface area (Å²) in [6.45, 7) is 2.27. The Morgan fingerprint density at radius 1 is 1.56 bits per heavy atom. The molecule has 0 saturated carbocycles. The molecule has 1 aromatic carbocycles. The number of halogens is 1. The Bertz CT molecular complexity index is 402. The Morgan fingerprint density at radius 2 is 2.31 bits per heavy atom. The van der Waals surface area contributed by atoms with E-state index in [4.69, 9.17) is 11.6 Å². The number of hydrogen-bond acceptors (Lipinski definition) is 3. The number of benzene rings is 1. The molecule has 0 atom stereocenters. The topological polar surface area (TPSA) is 38.3 Å². The first-order valence-electron chi connectivity index (χ1n) is 4.88. The average molecular weight is 240 g/mol. The molecule has 0 aliphatic rings. The zero-order chi connectivity index (χ0) is 12.0. The average Bonchev–Trinajstić information content (AvgIpc) is 2.28. The van der Waals surface area contributed by atoms with Crippen LogP contribution < -0.4 is 5.32 Å². The van der Waals surface area contributed by atoms with Crippen molar-refractivity contribution in [2.24, 2.45) is 0 Å². The molecular weight excluding hydrogens is 226 g/mol. The van der Waals surface area contributed by atoms with Crippen LogP contribution >= 0.6 is 11.6 Å². The molecule has 86 valence electrons. The molecule has 0 spiro atoms. The fraction of sp³-hybridized carbons (Fsp3) is 0.250. The molecular formula is C12H14ClNO2. The summed E-state index contributed by atoms with van der Waals surface area (Å²) >= 11 is 5.83. The van der Waals surface area contributed by atoms with Gasteiger partial charge in [-0.05, 0) is 25.1 Å². The fourth-order valence-electron chi connectivity index (χ4n) is 1.16. The second kappa shape index (κ2) is 6.18. The van der Waals surface area contributed by atoms with E-state index in [1.807, 2.05) is 24.3 Å². The van der Waals surface area contributed by atoms with Gasteiger partial charge in [0.25, 0.3) is 0 Å². The van der Waals surface area contributed by atoms with Gasteiger partial charge >= 0.3 is 5.97 Å². The van der Waals surface area contributed by atoms with E-state index in [2.05, 4.69) is 10.1 Å². The van der Waals surface area contributed by atoms with Crippen molar-refractivity contribution in [1.82, 2.24) is 0 Å². The number of anilines is 1. The SMILES string of the molecule is COC(=O)/C(C)=C/CNc1cccc(Cl)c1. The highest BCUT2D eigenvalue weighted by Crippen LogP contribution is 2.14. The van der Waals surface area contributed by atoms with Gasteiger partial charge in [0, 0.05) is 22.8 Å². The Morgan fingerprint density at radius 3 is 2.94 bits per heavy atom. The van der Waals surface area contributed by atoms with E-state index in [0.29, 0.717) is 17.1 Å². The van der Waals surface area contributed by atoms with Gasteiger partial charge in [0.1, 0.15) is 0 Å². The number of esters is 1. The van der Waals surface area contributed by atoms with E-state index in [9.17, 15) is 4.79 Å². The summed E-state index contributed by atoms with van der Waals surface area (Å²) in [5.74, 6) is -0.312. The second-order valence-corrected chi connectivity index (χ2v) is 3.71. The first kappa shape index (κ1) is 12.6. The smallest absolute Gasteiger partial charge is 0.333 e. The number of rotatable bonds is 4. The van der Waals surface area contributed by atoms with Crippen molar-refractivity contribution in [3.05, 3.63) is 40.9 Å². The molecule has 0 saturated heterocycles. The summed E-state index contributed by atoms with van der Waals surface area (Å²) in [6, 6.07) is 7.40. The molecule has 3 nitrogen and oxygen atoms in total. The van der Waals surface area contributed by atoms with Crippen molar-refractivity contribution in [2.75, 3.05) is 19.0 Å². The number of carbonyl (C=O) groups excluding carboxylic acids is 1. The maximum Gasteiger partial charge on any atom is 0.333 e. The van der Waals surface area contributed by atoms with Gasteiger partial charge in [-0.2, -0.15) is 0 Å². The van der Waals surface area contributed by atoms with Gasteiger partial charge in [0.2, 0.25) is 0 Å². The van der Waals surface area contributed by atoms with E-state index >= 15 is 0 Å². The molecule has 0 unspecified atom stereocenters. The van der Waals surface area contributed by atoms with Gasteiger partial charge < -0.3 is 10.1 Å². The summed E-state index contributed by atoms with van der Waals surface area (Å²) in [4.78, 5) is 11.1. The van der Waals surface area contributed by atoms with E-state index in [1.165, 1.54) is 7.11 Å². The Balaban J connectivity index is 2.50. The Hall–Kier alpha value is -1.48. The lowest BCUT2D eigenvalue weighted by molar-refractivity contribution is -0.136. The third kappa shape index (κ3) is 3.95. The predicted octanol–water partition coefficient (Wildman–Crippen LogP) is 2.87. The van der Waals surface area contributed by atoms with Crippen LogP contribution in [0.5, 0.6) is 0 Å². The monoisotopic (exact) mass is 239 g/mol. The van der Waals surface area contributed by atoms with Crippen LogP contribution in [0.15, 0.2) is 35.9 Å². The Kier molecular flexibility index (Phi) is 4.86. The standard InChI is InChI=1S/C12H14ClNO2/c1-9(12(15)16-2)6-7-14-11-5-3-4-10(13)8-11/h3-6,8,14H,7H2,1-2H3/b9-6+. The molecule has 1 N–H and O–H groups in total. The molecule has 0 bridgehead atoms. The molecule has 0 aliphatic heterocycles. The maximum absolute atomic E-state index is 11.1. The highest BCUT2D eigenvalue weighted by atomic mass is 35.5. The number of methoxy groups -OCH3 is 1. The minimum atomic E-state index is -0.312. The van der Waals surface area contributed by atoms with Crippen molar-refractivity contribution in [3.63, 3.8) is 0 Å². The third-order valence-electron chi connectivity index (χ3n) is 2.05. The number of hydrogen-bond donors (Lipinski definition) is 1. The highest BCUT2D eigenvalue weighted by molar-refractivity contribution is 6.30. The quantitative estimate of drug-likeness (QED) is 0.649. The number of ether oxygens (including phenoxy) is 1. The van der Waals surface area contributed by atoms with Crippen molar-refractivity contribution >= 4 is 23.3 Å². The zero-order valence-corrected chi connectivity index (χ0v) is 10.0. The molecule has 0 aromatic heterocycles. The van der Waals surface area contributed by atoms with E-state index in [0.717, 1.165) is 5.69 Å². The van der Waals surface area contributed by atoms with Crippen molar-refractivity contribution in [2.45, 2.75) is 6.92 Å². The normalized spacial score (nSPS) is 11.1. The lowest BCUT2D eigenvalue weighted by Gasteiger charge is -2.04. The molecule has 1 rings (SSSR count). The van der Waals surface area contributed by atoms with Gasteiger partial charge in [-0.3, -0.25) is 0 Å². The van der Waals surface area contributed by atoms with Crippen LogP contribution in [0.25, 0.3) is 0 Å². The molecule has 1 aromatic rings. The summed E-state index contributed by atoms with van der Waals surface area (Å²) in [6.07, 6.45) is 1.77. The molecule has 0 aliphatic carbocycles. The number of carbonyl (C=O) groups is 1. The van der Waals surface area contributed by atoms with Gasteiger partial charge in [-0.1, -0.05) is 23.7 Å².